The quantitative estimate of drug-likeness (QED) is 0.806. The van der Waals surface area contributed by atoms with Crippen LogP contribution < -0.4 is 14.9 Å². The molecule has 0 bridgehead atoms. The third-order valence-corrected chi connectivity index (χ3v) is 3.84. The maximum atomic E-state index is 12.5. The van der Waals surface area contributed by atoms with Crippen LogP contribution in [0.1, 0.15) is 0 Å². The van der Waals surface area contributed by atoms with E-state index in [9.17, 15) is 9.59 Å². The summed E-state index contributed by atoms with van der Waals surface area (Å²) < 4.78 is 10.4. The number of allylic oxidation sites excluding steroid dienone is 3. The van der Waals surface area contributed by atoms with Gasteiger partial charge >= 0.3 is 0 Å². The van der Waals surface area contributed by atoms with Crippen molar-refractivity contribution in [2.45, 2.75) is 0 Å². The van der Waals surface area contributed by atoms with E-state index < -0.39 is 11.8 Å². The fourth-order valence-corrected chi connectivity index (χ4v) is 2.56. The third kappa shape index (κ3) is 3.74. The predicted molar refractivity (Wildman–Crippen MR) is 95.3 cm³/mol. The molecule has 1 aliphatic carbocycles. The predicted octanol–water partition coefficient (Wildman–Crippen LogP) is 1.42. The first-order chi connectivity index (χ1) is 12.1. The number of rotatable bonds is 5. The second-order valence-electron chi connectivity index (χ2n) is 5.21. The topological polar surface area (TPSA) is 80.2 Å². The number of hydrazine groups is 1. The second kappa shape index (κ2) is 7.27. The van der Waals surface area contributed by atoms with Gasteiger partial charge in [0.25, 0.3) is 11.8 Å². The van der Waals surface area contributed by atoms with Crippen molar-refractivity contribution in [3.63, 3.8) is 0 Å². The lowest BCUT2D eigenvalue weighted by Gasteiger charge is -2.29. The highest BCUT2D eigenvalue weighted by Crippen LogP contribution is 2.19. The molecule has 7 nitrogen and oxygen atoms in total. The summed E-state index contributed by atoms with van der Waals surface area (Å²) in [5.74, 6) is -0.220. The van der Waals surface area contributed by atoms with Crippen molar-refractivity contribution in [1.82, 2.24) is 10.4 Å². The molecule has 1 atom stereocenters. The first kappa shape index (κ1) is 16.8. The Morgan fingerprint density at radius 3 is 2.72 bits per heavy atom. The molecule has 25 heavy (non-hydrogen) atoms. The fraction of sp³-hybridized carbons (Fsp3) is 0.176. The van der Waals surface area contributed by atoms with Gasteiger partial charge in [0.05, 0.1) is 12.8 Å². The normalized spacial score (nSPS) is 18.5. The van der Waals surface area contributed by atoms with Gasteiger partial charge in [0.1, 0.15) is 17.4 Å². The number of aliphatic imine (C=N–C) groups is 1. The van der Waals surface area contributed by atoms with Crippen LogP contribution >= 0.6 is 12.2 Å². The summed E-state index contributed by atoms with van der Waals surface area (Å²) in [6, 6.07) is 6.79. The lowest BCUT2D eigenvalue weighted by Crippen LogP contribution is -2.55. The molecule has 1 aromatic rings. The van der Waals surface area contributed by atoms with Gasteiger partial charge in [-0.25, -0.2) is 4.99 Å². The number of hydrogen-bond acceptors (Lipinski definition) is 5. The van der Waals surface area contributed by atoms with Gasteiger partial charge in [-0.3, -0.25) is 15.0 Å². The fourth-order valence-electron chi connectivity index (χ4n) is 2.32. The van der Waals surface area contributed by atoms with E-state index in [0.717, 1.165) is 5.01 Å². The minimum atomic E-state index is -0.542. The molecule has 8 heteroatoms. The summed E-state index contributed by atoms with van der Waals surface area (Å²) in [6.07, 6.45) is 6.96. The molecule has 2 amide bonds. The first-order valence-electron chi connectivity index (χ1n) is 7.46. The Hall–Kier alpha value is -3.00. The van der Waals surface area contributed by atoms with Gasteiger partial charge in [-0.2, -0.15) is 5.01 Å². The summed E-state index contributed by atoms with van der Waals surface area (Å²) in [6.45, 7) is -0.268. The van der Waals surface area contributed by atoms with E-state index in [2.05, 4.69) is 10.4 Å². The van der Waals surface area contributed by atoms with Crippen LogP contribution in [0.4, 0.5) is 0 Å². The van der Waals surface area contributed by atoms with Crippen LogP contribution in [0.5, 0.6) is 11.5 Å². The molecule has 0 fully saturated rings. The highest BCUT2D eigenvalue weighted by molar-refractivity contribution is 7.80. The molecular formula is C17H15N3O4S. The molecule has 128 valence electrons. The van der Waals surface area contributed by atoms with Crippen LogP contribution in [0, 0.1) is 5.92 Å². The minimum absolute atomic E-state index is 0.00556. The SMILES string of the molecule is COc1ccc(OCC(=O)NN2C(=O)C3C=CC=CC3=NC2=S)cc1. The largest absolute Gasteiger partial charge is 0.497 e. The molecule has 0 saturated carbocycles. The van der Waals surface area contributed by atoms with Crippen LogP contribution in [-0.2, 0) is 9.59 Å². The summed E-state index contributed by atoms with van der Waals surface area (Å²) in [4.78, 5) is 28.7. The highest BCUT2D eigenvalue weighted by Gasteiger charge is 2.34. The average Bonchev–Trinajstić information content (AvgIpc) is 2.64. The molecule has 1 heterocycles. The van der Waals surface area contributed by atoms with Crippen molar-refractivity contribution in [2.24, 2.45) is 10.9 Å². The molecule has 0 radical (unpaired) electrons. The smallest absolute Gasteiger partial charge is 0.276 e. The zero-order chi connectivity index (χ0) is 17.8. The van der Waals surface area contributed by atoms with E-state index in [-0.39, 0.29) is 17.6 Å². The lowest BCUT2D eigenvalue weighted by molar-refractivity contribution is -0.138. The first-order valence-corrected chi connectivity index (χ1v) is 7.87. The third-order valence-electron chi connectivity index (χ3n) is 3.57. The van der Waals surface area contributed by atoms with Crippen molar-refractivity contribution in [1.29, 1.82) is 0 Å². The molecule has 1 N–H and O–H groups in total. The Balaban J connectivity index is 1.59. The number of benzene rings is 1. The van der Waals surface area contributed by atoms with Gasteiger partial charge in [0.2, 0.25) is 5.11 Å². The van der Waals surface area contributed by atoms with Crippen molar-refractivity contribution >= 4 is 34.9 Å². The number of fused-ring (bicyclic) bond motifs is 1. The molecule has 3 rings (SSSR count). The van der Waals surface area contributed by atoms with Crippen LogP contribution in [0.25, 0.3) is 0 Å². The van der Waals surface area contributed by atoms with Crippen molar-refractivity contribution in [3.8, 4) is 11.5 Å². The average molecular weight is 357 g/mol. The van der Waals surface area contributed by atoms with Crippen LogP contribution in [0.3, 0.4) is 0 Å². The molecular weight excluding hydrogens is 342 g/mol. The summed E-state index contributed by atoms with van der Waals surface area (Å²) in [7, 11) is 1.56. The maximum absolute atomic E-state index is 12.5. The summed E-state index contributed by atoms with van der Waals surface area (Å²) in [5, 5.41) is 0.973. The second-order valence-corrected chi connectivity index (χ2v) is 5.58. The van der Waals surface area contributed by atoms with Gasteiger partial charge in [0, 0.05) is 0 Å². The standard InChI is InChI=1S/C17H15N3O4S/c1-23-11-6-8-12(9-7-11)24-10-15(21)19-20-16(22)13-4-2-3-5-14(13)18-17(20)25/h2-9,13H,10H2,1H3,(H,19,21). The van der Waals surface area contributed by atoms with E-state index in [0.29, 0.717) is 17.2 Å². The Kier molecular flexibility index (Phi) is 4.90. The maximum Gasteiger partial charge on any atom is 0.276 e. The summed E-state index contributed by atoms with van der Waals surface area (Å²) >= 11 is 5.09. The number of thiocarbonyl (C=S) groups is 1. The number of carbonyl (C=O) groups excluding carboxylic acids is 2. The Morgan fingerprint density at radius 2 is 2.00 bits per heavy atom. The number of ether oxygens (including phenoxy) is 2. The van der Waals surface area contributed by atoms with Gasteiger partial charge in [-0.05, 0) is 42.6 Å². The van der Waals surface area contributed by atoms with Gasteiger partial charge in [-0.1, -0.05) is 18.2 Å². The van der Waals surface area contributed by atoms with Crippen molar-refractivity contribution in [3.05, 3.63) is 48.6 Å². The number of methoxy groups -OCH3 is 1. The molecule has 0 aromatic heterocycles. The Bertz CT molecular complexity index is 799. The van der Waals surface area contributed by atoms with E-state index in [4.69, 9.17) is 21.7 Å². The van der Waals surface area contributed by atoms with E-state index in [1.54, 1.807) is 55.7 Å². The van der Waals surface area contributed by atoms with Gasteiger partial charge in [-0.15, -0.1) is 0 Å². The Labute approximate surface area is 149 Å². The van der Waals surface area contributed by atoms with Gasteiger partial charge < -0.3 is 9.47 Å². The van der Waals surface area contributed by atoms with E-state index >= 15 is 0 Å². The molecule has 1 unspecified atom stereocenters. The molecule has 0 saturated heterocycles. The lowest BCUT2D eigenvalue weighted by atomic mass is 9.96. The molecule has 1 aliphatic heterocycles. The number of nitrogens with one attached hydrogen (secondary N) is 1. The number of carbonyl (C=O) groups is 2. The van der Waals surface area contributed by atoms with Crippen molar-refractivity contribution < 1.29 is 19.1 Å². The zero-order valence-corrected chi connectivity index (χ0v) is 14.2. The monoisotopic (exact) mass is 357 g/mol. The minimum Gasteiger partial charge on any atom is -0.497 e. The van der Waals surface area contributed by atoms with Crippen LogP contribution in [-0.4, -0.2) is 41.4 Å². The number of hydrogen-bond donors (Lipinski definition) is 1. The van der Waals surface area contributed by atoms with E-state index in [1.807, 2.05) is 0 Å². The van der Waals surface area contributed by atoms with Crippen LogP contribution in [0.2, 0.25) is 0 Å². The van der Waals surface area contributed by atoms with E-state index in [1.165, 1.54) is 0 Å². The Morgan fingerprint density at radius 1 is 1.28 bits per heavy atom. The molecule has 2 aliphatic rings. The molecule has 1 aromatic carbocycles. The zero-order valence-electron chi connectivity index (χ0n) is 13.3. The van der Waals surface area contributed by atoms with Crippen molar-refractivity contribution in [2.75, 3.05) is 13.7 Å². The van der Waals surface area contributed by atoms with Gasteiger partial charge in [0.15, 0.2) is 6.61 Å². The summed E-state index contributed by atoms with van der Waals surface area (Å²) in [5.41, 5.74) is 3.00. The van der Waals surface area contributed by atoms with Crippen LogP contribution in [0.15, 0.2) is 53.6 Å². The molecule has 0 spiro atoms. The number of nitrogens with zero attached hydrogens (tertiary/aromatic N) is 2. The highest BCUT2D eigenvalue weighted by atomic mass is 32.1. The number of amides is 2.